The first-order valence-corrected chi connectivity index (χ1v) is 5.75. The predicted molar refractivity (Wildman–Crippen MR) is 67.1 cm³/mol. The summed E-state index contributed by atoms with van der Waals surface area (Å²) >= 11 is 0. The van der Waals surface area contributed by atoms with Crippen molar-refractivity contribution in [2.45, 2.75) is 13.5 Å². The Hall–Kier alpha value is -2.23. The van der Waals surface area contributed by atoms with Crippen LogP contribution >= 0.6 is 0 Å². The minimum atomic E-state index is -0.635. The third-order valence-corrected chi connectivity index (χ3v) is 2.68. The molecule has 0 aliphatic rings. The van der Waals surface area contributed by atoms with E-state index in [1.165, 1.54) is 31.2 Å². The summed E-state index contributed by atoms with van der Waals surface area (Å²) in [5.41, 5.74) is 0.455. The smallest absolute Gasteiger partial charge is 0.166 e. The van der Waals surface area contributed by atoms with Crippen LogP contribution in [0.5, 0.6) is 5.75 Å². The van der Waals surface area contributed by atoms with Crippen molar-refractivity contribution in [3.63, 3.8) is 0 Å². The second kappa shape index (κ2) is 5.61. The summed E-state index contributed by atoms with van der Waals surface area (Å²) in [6.07, 6.45) is 0. The number of para-hydroxylation sites is 1. The minimum absolute atomic E-state index is 0.131. The molecular weight excluding hydrogens is 250 g/mol. The van der Waals surface area contributed by atoms with Gasteiger partial charge in [0.15, 0.2) is 17.3 Å². The molecular formula is C15H12F2O2. The molecule has 0 heterocycles. The van der Waals surface area contributed by atoms with Crippen LogP contribution in [0.3, 0.4) is 0 Å². The lowest BCUT2D eigenvalue weighted by Crippen LogP contribution is -2.04. The molecule has 2 nitrogen and oxygen atoms in total. The lowest BCUT2D eigenvalue weighted by Gasteiger charge is -2.11. The fourth-order valence-corrected chi connectivity index (χ4v) is 1.70. The van der Waals surface area contributed by atoms with E-state index in [1.54, 1.807) is 18.2 Å². The highest BCUT2D eigenvalue weighted by molar-refractivity contribution is 5.96. The third kappa shape index (κ3) is 2.96. The van der Waals surface area contributed by atoms with Crippen LogP contribution in [0.25, 0.3) is 0 Å². The second-order valence-corrected chi connectivity index (χ2v) is 4.05. The van der Waals surface area contributed by atoms with Gasteiger partial charge < -0.3 is 4.74 Å². The molecule has 0 saturated heterocycles. The van der Waals surface area contributed by atoms with E-state index in [0.29, 0.717) is 5.56 Å². The molecule has 2 rings (SSSR count). The number of Topliss-reactive ketones (excluding diaryl/α,β-unsaturated/α-hetero) is 1. The highest BCUT2D eigenvalue weighted by Gasteiger charge is 2.14. The first-order valence-electron chi connectivity index (χ1n) is 5.75. The van der Waals surface area contributed by atoms with E-state index >= 15 is 0 Å². The monoisotopic (exact) mass is 262 g/mol. The number of ether oxygens (including phenoxy) is 1. The third-order valence-electron chi connectivity index (χ3n) is 2.68. The lowest BCUT2D eigenvalue weighted by atomic mass is 10.1. The molecule has 4 heteroatoms. The van der Waals surface area contributed by atoms with Gasteiger partial charge in [0, 0.05) is 5.56 Å². The van der Waals surface area contributed by atoms with Gasteiger partial charge in [0.25, 0.3) is 0 Å². The molecule has 0 N–H and O–H groups in total. The maximum Gasteiger partial charge on any atom is 0.166 e. The molecule has 0 radical (unpaired) electrons. The van der Waals surface area contributed by atoms with Crippen LogP contribution < -0.4 is 4.74 Å². The summed E-state index contributed by atoms with van der Waals surface area (Å²) in [5, 5.41) is 0. The normalized spacial score (nSPS) is 10.3. The molecule has 0 unspecified atom stereocenters. The van der Waals surface area contributed by atoms with Crippen LogP contribution in [0.15, 0.2) is 42.5 Å². The SMILES string of the molecule is CC(=O)c1cccc(F)c1OCc1ccccc1F. The van der Waals surface area contributed by atoms with Gasteiger partial charge in [-0.1, -0.05) is 24.3 Å². The van der Waals surface area contributed by atoms with Gasteiger partial charge in [0.05, 0.1) is 5.56 Å². The van der Waals surface area contributed by atoms with Gasteiger partial charge in [-0.2, -0.15) is 0 Å². The molecule has 0 aliphatic heterocycles. The van der Waals surface area contributed by atoms with Crippen molar-refractivity contribution in [1.82, 2.24) is 0 Å². The number of halogens is 2. The highest BCUT2D eigenvalue weighted by Crippen LogP contribution is 2.24. The van der Waals surface area contributed by atoms with Gasteiger partial charge in [-0.05, 0) is 25.1 Å². The zero-order valence-corrected chi connectivity index (χ0v) is 10.3. The van der Waals surface area contributed by atoms with Crippen LogP contribution in [0.2, 0.25) is 0 Å². The first kappa shape index (κ1) is 13.2. The number of carbonyl (C=O) groups excluding carboxylic acids is 1. The molecule has 2 aromatic rings. The number of rotatable bonds is 4. The van der Waals surface area contributed by atoms with Gasteiger partial charge in [0.1, 0.15) is 12.4 Å². The molecule has 0 saturated carbocycles. The Morgan fingerprint density at radius 1 is 1.05 bits per heavy atom. The zero-order valence-electron chi connectivity index (χ0n) is 10.3. The largest absolute Gasteiger partial charge is 0.485 e. The second-order valence-electron chi connectivity index (χ2n) is 4.05. The topological polar surface area (TPSA) is 26.3 Å². The molecule has 0 amide bonds. The van der Waals surface area contributed by atoms with E-state index in [9.17, 15) is 13.6 Å². The average molecular weight is 262 g/mol. The quantitative estimate of drug-likeness (QED) is 0.784. The van der Waals surface area contributed by atoms with Gasteiger partial charge in [-0.25, -0.2) is 8.78 Å². The summed E-state index contributed by atoms with van der Waals surface area (Å²) < 4.78 is 32.3. The summed E-state index contributed by atoms with van der Waals surface area (Å²) in [6.45, 7) is 1.19. The Morgan fingerprint density at radius 2 is 1.74 bits per heavy atom. The Kier molecular flexibility index (Phi) is 3.90. The Balaban J connectivity index is 2.25. The van der Waals surface area contributed by atoms with Gasteiger partial charge in [-0.3, -0.25) is 4.79 Å². The standard InChI is InChI=1S/C15H12F2O2/c1-10(18)12-6-4-8-14(17)15(12)19-9-11-5-2-3-7-13(11)16/h2-8H,9H2,1H3. The van der Waals surface area contributed by atoms with Crippen LogP contribution in [0.1, 0.15) is 22.8 Å². The fourth-order valence-electron chi connectivity index (χ4n) is 1.70. The van der Waals surface area contributed by atoms with Crippen molar-refractivity contribution in [2.24, 2.45) is 0 Å². The van der Waals surface area contributed by atoms with Crippen LogP contribution in [-0.4, -0.2) is 5.78 Å². The predicted octanol–water partition coefficient (Wildman–Crippen LogP) is 3.75. The van der Waals surface area contributed by atoms with Crippen LogP contribution in [0, 0.1) is 11.6 Å². The number of carbonyl (C=O) groups is 1. The fraction of sp³-hybridized carbons (Fsp3) is 0.133. The van der Waals surface area contributed by atoms with Gasteiger partial charge in [0.2, 0.25) is 0 Å². The molecule has 0 atom stereocenters. The van der Waals surface area contributed by atoms with E-state index in [-0.39, 0.29) is 23.7 Å². The molecule has 0 bridgehead atoms. The summed E-state index contributed by atoms with van der Waals surface area (Å²) in [6, 6.07) is 10.2. The van der Waals surface area contributed by atoms with Crippen molar-refractivity contribution in [3.05, 3.63) is 65.2 Å². The van der Waals surface area contributed by atoms with Crippen molar-refractivity contribution >= 4 is 5.78 Å². The van der Waals surface area contributed by atoms with Crippen molar-refractivity contribution in [3.8, 4) is 5.75 Å². The summed E-state index contributed by atoms with van der Waals surface area (Å²) in [5.74, 6) is -1.51. The van der Waals surface area contributed by atoms with E-state index < -0.39 is 11.6 Å². The first-order chi connectivity index (χ1) is 9.09. The Morgan fingerprint density at radius 3 is 2.42 bits per heavy atom. The van der Waals surface area contributed by atoms with Crippen LogP contribution in [0.4, 0.5) is 8.78 Å². The van der Waals surface area contributed by atoms with Gasteiger partial charge >= 0.3 is 0 Å². The number of hydrogen-bond acceptors (Lipinski definition) is 2. The van der Waals surface area contributed by atoms with Gasteiger partial charge in [-0.15, -0.1) is 0 Å². The summed E-state index contributed by atoms with van der Waals surface area (Å²) in [4.78, 5) is 11.4. The van der Waals surface area contributed by atoms with E-state index in [4.69, 9.17) is 4.74 Å². The molecule has 0 aliphatic carbocycles. The van der Waals surface area contributed by atoms with E-state index in [2.05, 4.69) is 0 Å². The molecule has 0 fully saturated rings. The molecule has 0 spiro atoms. The highest BCUT2D eigenvalue weighted by atomic mass is 19.1. The van der Waals surface area contributed by atoms with Crippen LogP contribution in [-0.2, 0) is 6.61 Å². The van der Waals surface area contributed by atoms with E-state index in [0.717, 1.165) is 0 Å². The number of hydrogen-bond donors (Lipinski definition) is 0. The zero-order chi connectivity index (χ0) is 13.8. The van der Waals surface area contributed by atoms with E-state index in [1.807, 2.05) is 0 Å². The van der Waals surface area contributed by atoms with Crippen molar-refractivity contribution in [1.29, 1.82) is 0 Å². The molecule has 2 aromatic carbocycles. The number of ketones is 1. The maximum atomic E-state index is 13.6. The van der Waals surface area contributed by atoms with Crippen molar-refractivity contribution < 1.29 is 18.3 Å². The lowest BCUT2D eigenvalue weighted by molar-refractivity contribution is 0.101. The molecule has 98 valence electrons. The summed E-state index contributed by atoms with van der Waals surface area (Å²) in [7, 11) is 0. The van der Waals surface area contributed by atoms with Crippen molar-refractivity contribution in [2.75, 3.05) is 0 Å². The molecule has 19 heavy (non-hydrogen) atoms. The maximum absolute atomic E-state index is 13.6. The molecule has 0 aromatic heterocycles. The minimum Gasteiger partial charge on any atom is -0.485 e. The Labute approximate surface area is 109 Å². The average Bonchev–Trinajstić information content (AvgIpc) is 2.38. The number of benzene rings is 2. The Bertz CT molecular complexity index is 609.